The number of pyridine rings is 1. The summed E-state index contributed by atoms with van der Waals surface area (Å²) in [5, 5.41) is 6.76. The molecule has 2 aromatic heterocycles. The Morgan fingerprint density at radius 2 is 2.16 bits per heavy atom. The van der Waals surface area contributed by atoms with Gasteiger partial charge in [-0.25, -0.2) is 0 Å². The highest BCUT2D eigenvalue weighted by molar-refractivity contribution is 5.78. The van der Waals surface area contributed by atoms with Crippen molar-refractivity contribution in [1.29, 1.82) is 0 Å². The first-order valence-corrected chi connectivity index (χ1v) is 8.55. The molecular weight excluding hydrogens is 314 g/mol. The van der Waals surface area contributed by atoms with Crippen LogP contribution in [0.25, 0.3) is 11.0 Å². The van der Waals surface area contributed by atoms with Gasteiger partial charge in [0.1, 0.15) is 11.9 Å². The van der Waals surface area contributed by atoms with E-state index in [0.717, 1.165) is 53.1 Å². The van der Waals surface area contributed by atoms with Crippen LogP contribution in [0.1, 0.15) is 17.5 Å². The Hall–Kier alpha value is -2.73. The lowest BCUT2D eigenvalue weighted by Crippen LogP contribution is -2.20. The standard InChI is InChI=1S/C19H21N5O/c1-13-8-14(9-16-19(13)23-7-6-22-16)10-24-17-12-21-5-3-18(17)25-15-2-4-20-11-15/h3,5-9,12,15,20,24H,2,4,10-11H2,1H3/t15-/m1/s1. The van der Waals surface area contributed by atoms with Gasteiger partial charge in [0, 0.05) is 37.7 Å². The summed E-state index contributed by atoms with van der Waals surface area (Å²) in [5.41, 5.74) is 5.06. The zero-order valence-corrected chi connectivity index (χ0v) is 14.2. The first-order chi connectivity index (χ1) is 12.3. The zero-order valence-electron chi connectivity index (χ0n) is 14.2. The molecule has 3 heterocycles. The van der Waals surface area contributed by atoms with Crippen molar-refractivity contribution in [3.63, 3.8) is 0 Å². The largest absolute Gasteiger partial charge is 0.487 e. The third-order valence-corrected chi connectivity index (χ3v) is 4.40. The normalized spacial score (nSPS) is 16.9. The van der Waals surface area contributed by atoms with Crippen LogP contribution in [0, 0.1) is 6.92 Å². The third kappa shape index (κ3) is 3.53. The van der Waals surface area contributed by atoms with Crippen LogP contribution in [0.5, 0.6) is 5.75 Å². The van der Waals surface area contributed by atoms with Crippen molar-refractivity contribution < 1.29 is 4.74 Å². The van der Waals surface area contributed by atoms with E-state index in [1.807, 2.05) is 12.3 Å². The fraction of sp³-hybridized carbons (Fsp3) is 0.316. The van der Waals surface area contributed by atoms with Crippen molar-refractivity contribution in [3.05, 3.63) is 54.1 Å². The van der Waals surface area contributed by atoms with Gasteiger partial charge in [-0.3, -0.25) is 15.0 Å². The Labute approximate surface area is 146 Å². The fourth-order valence-electron chi connectivity index (χ4n) is 3.15. The van der Waals surface area contributed by atoms with Gasteiger partial charge in [-0.1, -0.05) is 6.07 Å². The van der Waals surface area contributed by atoms with E-state index in [-0.39, 0.29) is 6.10 Å². The Kier molecular flexibility index (Phi) is 4.43. The van der Waals surface area contributed by atoms with Crippen molar-refractivity contribution in [2.45, 2.75) is 26.0 Å². The fourth-order valence-corrected chi connectivity index (χ4v) is 3.15. The summed E-state index contributed by atoms with van der Waals surface area (Å²) in [7, 11) is 0. The molecule has 6 heteroatoms. The minimum atomic E-state index is 0.223. The van der Waals surface area contributed by atoms with Crippen LogP contribution in [0.4, 0.5) is 5.69 Å². The van der Waals surface area contributed by atoms with Crippen LogP contribution in [0.3, 0.4) is 0 Å². The number of nitrogens with one attached hydrogen (secondary N) is 2. The van der Waals surface area contributed by atoms with Gasteiger partial charge in [0.05, 0.1) is 22.9 Å². The number of fused-ring (bicyclic) bond motifs is 1. The van der Waals surface area contributed by atoms with Crippen LogP contribution >= 0.6 is 0 Å². The molecule has 0 amide bonds. The molecule has 128 valence electrons. The minimum Gasteiger partial charge on any atom is -0.487 e. The second kappa shape index (κ2) is 7.03. The lowest BCUT2D eigenvalue weighted by Gasteiger charge is -2.17. The first kappa shape index (κ1) is 15.8. The van der Waals surface area contributed by atoms with E-state index in [0.29, 0.717) is 6.54 Å². The summed E-state index contributed by atoms with van der Waals surface area (Å²) in [6, 6.07) is 6.12. The highest BCUT2D eigenvalue weighted by atomic mass is 16.5. The second-order valence-corrected chi connectivity index (χ2v) is 6.29. The van der Waals surface area contributed by atoms with Gasteiger partial charge in [-0.2, -0.15) is 0 Å². The number of benzene rings is 1. The number of ether oxygens (including phenoxy) is 1. The Bertz CT molecular complexity index is 877. The molecule has 0 aliphatic carbocycles. The van der Waals surface area contributed by atoms with E-state index < -0.39 is 0 Å². The zero-order chi connectivity index (χ0) is 17.1. The predicted octanol–water partition coefficient (Wildman–Crippen LogP) is 2.69. The van der Waals surface area contributed by atoms with E-state index in [2.05, 4.69) is 44.6 Å². The third-order valence-electron chi connectivity index (χ3n) is 4.40. The number of hydrogen-bond acceptors (Lipinski definition) is 6. The molecule has 1 atom stereocenters. The van der Waals surface area contributed by atoms with E-state index in [4.69, 9.17) is 4.74 Å². The van der Waals surface area contributed by atoms with E-state index in [9.17, 15) is 0 Å². The van der Waals surface area contributed by atoms with E-state index in [1.165, 1.54) is 0 Å². The molecule has 1 fully saturated rings. The molecule has 25 heavy (non-hydrogen) atoms. The first-order valence-electron chi connectivity index (χ1n) is 8.55. The molecule has 6 nitrogen and oxygen atoms in total. The summed E-state index contributed by atoms with van der Waals surface area (Å²) in [6.45, 7) is 4.64. The average Bonchev–Trinajstić information content (AvgIpc) is 3.14. The number of nitrogens with zero attached hydrogens (tertiary/aromatic N) is 3. The molecule has 2 N–H and O–H groups in total. The van der Waals surface area contributed by atoms with Crippen molar-refractivity contribution in [2.75, 3.05) is 18.4 Å². The monoisotopic (exact) mass is 335 g/mol. The van der Waals surface area contributed by atoms with Gasteiger partial charge in [0.2, 0.25) is 0 Å². The number of anilines is 1. The van der Waals surface area contributed by atoms with Gasteiger partial charge < -0.3 is 15.4 Å². The highest BCUT2D eigenvalue weighted by Crippen LogP contribution is 2.26. The van der Waals surface area contributed by atoms with E-state index >= 15 is 0 Å². The molecule has 0 unspecified atom stereocenters. The molecule has 1 aliphatic rings. The molecule has 0 radical (unpaired) electrons. The van der Waals surface area contributed by atoms with E-state index in [1.54, 1.807) is 18.6 Å². The Morgan fingerprint density at radius 1 is 1.24 bits per heavy atom. The van der Waals surface area contributed by atoms with Gasteiger partial charge in [0.15, 0.2) is 0 Å². The summed E-state index contributed by atoms with van der Waals surface area (Å²) in [6.07, 6.45) is 8.28. The van der Waals surface area contributed by atoms with Gasteiger partial charge >= 0.3 is 0 Å². The smallest absolute Gasteiger partial charge is 0.146 e. The van der Waals surface area contributed by atoms with Gasteiger partial charge in [0.25, 0.3) is 0 Å². The lowest BCUT2D eigenvalue weighted by molar-refractivity contribution is 0.224. The van der Waals surface area contributed by atoms with Crippen molar-refractivity contribution in [3.8, 4) is 5.75 Å². The van der Waals surface area contributed by atoms with Crippen molar-refractivity contribution in [1.82, 2.24) is 20.3 Å². The SMILES string of the molecule is Cc1cc(CNc2cnccc2O[C@@H]2CCNC2)cc2nccnc12. The van der Waals surface area contributed by atoms with Crippen molar-refractivity contribution in [2.24, 2.45) is 0 Å². The minimum absolute atomic E-state index is 0.223. The number of rotatable bonds is 5. The Morgan fingerprint density at radius 3 is 3.04 bits per heavy atom. The van der Waals surface area contributed by atoms with Gasteiger partial charge in [-0.15, -0.1) is 0 Å². The van der Waals surface area contributed by atoms with Crippen LogP contribution in [0.2, 0.25) is 0 Å². The molecule has 3 aromatic rings. The highest BCUT2D eigenvalue weighted by Gasteiger charge is 2.17. The molecule has 0 spiro atoms. The van der Waals surface area contributed by atoms with Crippen LogP contribution < -0.4 is 15.4 Å². The average molecular weight is 335 g/mol. The van der Waals surface area contributed by atoms with Crippen LogP contribution in [-0.2, 0) is 6.54 Å². The number of aryl methyl sites for hydroxylation is 1. The summed E-state index contributed by atoms with van der Waals surface area (Å²) < 4.78 is 6.10. The number of hydrogen-bond donors (Lipinski definition) is 2. The molecule has 1 aliphatic heterocycles. The molecule has 1 saturated heterocycles. The van der Waals surface area contributed by atoms with Crippen LogP contribution in [-0.4, -0.2) is 34.1 Å². The molecule has 0 bridgehead atoms. The molecule has 4 rings (SSSR count). The summed E-state index contributed by atoms with van der Waals surface area (Å²) in [5.74, 6) is 0.848. The number of aromatic nitrogens is 3. The topological polar surface area (TPSA) is 72.0 Å². The van der Waals surface area contributed by atoms with Crippen LogP contribution in [0.15, 0.2) is 43.0 Å². The predicted molar refractivity (Wildman–Crippen MR) is 97.7 cm³/mol. The lowest BCUT2D eigenvalue weighted by atomic mass is 10.1. The summed E-state index contributed by atoms with van der Waals surface area (Å²) in [4.78, 5) is 13.0. The molecule has 1 aromatic carbocycles. The maximum atomic E-state index is 6.10. The summed E-state index contributed by atoms with van der Waals surface area (Å²) >= 11 is 0. The maximum absolute atomic E-state index is 6.10. The molecular formula is C19H21N5O. The molecule has 0 saturated carbocycles. The second-order valence-electron chi connectivity index (χ2n) is 6.29. The van der Waals surface area contributed by atoms with Gasteiger partial charge in [-0.05, 0) is 37.1 Å². The van der Waals surface area contributed by atoms with Crippen molar-refractivity contribution >= 4 is 16.7 Å². The Balaban J connectivity index is 1.51. The maximum Gasteiger partial charge on any atom is 0.146 e. The quantitative estimate of drug-likeness (QED) is 0.747.